The number of nitrogens with zero attached hydrogens (tertiary/aromatic N) is 4. The number of carbonyl (C=O) groups is 1. The van der Waals surface area contributed by atoms with Crippen LogP contribution in [0.3, 0.4) is 0 Å². The maximum absolute atomic E-state index is 12.8. The van der Waals surface area contributed by atoms with Crippen molar-refractivity contribution in [2.75, 3.05) is 5.43 Å². The summed E-state index contributed by atoms with van der Waals surface area (Å²) in [5.74, 6) is -0.512. The van der Waals surface area contributed by atoms with Gasteiger partial charge in [-0.25, -0.2) is 4.68 Å². The lowest BCUT2D eigenvalue weighted by Crippen LogP contribution is -2.21. The Balaban J connectivity index is 1.97. The van der Waals surface area contributed by atoms with Crippen molar-refractivity contribution in [2.24, 2.45) is 12.1 Å². The summed E-state index contributed by atoms with van der Waals surface area (Å²) in [6.45, 7) is 1.75. The Kier molecular flexibility index (Phi) is 4.99. The molecule has 0 aliphatic carbocycles. The number of para-hydroxylation sites is 1. The van der Waals surface area contributed by atoms with Crippen LogP contribution in [0.5, 0.6) is 0 Å². The van der Waals surface area contributed by atoms with E-state index in [4.69, 9.17) is 0 Å². The lowest BCUT2D eigenvalue weighted by Gasteiger charge is -2.07. The Morgan fingerprint density at radius 1 is 1.07 bits per heavy atom. The van der Waals surface area contributed by atoms with Crippen LogP contribution in [0.4, 0.5) is 5.69 Å². The first-order valence-electron chi connectivity index (χ1n) is 8.22. The fourth-order valence-corrected chi connectivity index (χ4v) is 2.66. The molecule has 0 fully saturated rings. The number of nitriles is 1. The molecule has 27 heavy (non-hydrogen) atoms. The van der Waals surface area contributed by atoms with Crippen molar-refractivity contribution >= 4 is 17.2 Å². The second-order valence-corrected chi connectivity index (χ2v) is 5.82. The predicted octanol–water partition coefficient (Wildman–Crippen LogP) is 2.66. The number of rotatable bonds is 5. The largest absolute Gasteiger partial charge is 0.296 e. The summed E-state index contributed by atoms with van der Waals surface area (Å²) in [5, 5.41) is 13.2. The zero-order chi connectivity index (χ0) is 19.4. The van der Waals surface area contributed by atoms with E-state index in [1.807, 2.05) is 30.3 Å². The van der Waals surface area contributed by atoms with Gasteiger partial charge in [-0.3, -0.25) is 19.7 Å². The van der Waals surface area contributed by atoms with Crippen molar-refractivity contribution < 1.29 is 4.79 Å². The maximum Gasteiger partial charge on any atom is 0.296 e. The first-order chi connectivity index (χ1) is 13.0. The zero-order valence-electron chi connectivity index (χ0n) is 14.9. The Labute approximate surface area is 155 Å². The molecule has 0 aliphatic rings. The first-order valence-corrected chi connectivity index (χ1v) is 8.22. The number of Topliss-reactive ketones (excluding diaryl/α,β-unsaturated/α-hetero) is 1. The van der Waals surface area contributed by atoms with Gasteiger partial charge >= 0.3 is 0 Å². The molecule has 134 valence electrons. The van der Waals surface area contributed by atoms with E-state index in [0.717, 1.165) is 0 Å². The average molecular weight is 359 g/mol. The maximum atomic E-state index is 12.8. The molecule has 0 saturated heterocycles. The molecular formula is C20H17N5O2. The zero-order valence-corrected chi connectivity index (χ0v) is 14.9. The van der Waals surface area contributed by atoms with Gasteiger partial charge in [-0.2, -0.15) is 10.4 Å². The summed E-state index contributed by atoms with van der Waals surface area (Å²) in [6, 6.07) is 19.3. The molecule has 1 N–H and O–H groups in total. The number of benzene rings is 2. The Bertz CT molecular complexity index is 1100. The Morgan fingerprint density at radius 2 is 1.67 bits per heavy atom. The minimum Gasteiger partial charge on any atom is -0.286 e. The predicted molar refractivity (Wildman–Crippen MR) is 103 cm³/mol. The van der Waals surface area contributed by atoms with Gasteiger partial charge in [-0.1, -0.05) is 48.5 Å². The van der Waals surface area contributed by atoms with Gasteiger partial charge < -0.3 is 0 Å². The minimum absolute atomic E-state index is 0.204. The summed E-state index contributed by atoms with van der Waals surface area (Å²) in [4.78, 5) is 25.2. The third-order valence-electron chi connectivity index (χ3n) is 4.19. The topological polar surface area (TPSA) is 92.2 Å². The second kappa shape index (κ2) is 7.54. The normalized spacial score (nSPS) is 11.1. The van der Waals surface area contributed by atoms with E-state index in [9.17, 15) is 14.9 Å². The van der Waals surface area contributed by atoms with Crippen molar-refractivity contribution in [3.8, 4) is 11.8 Å². The molecule has 3 rings (SSSR count). The third-order valence-corrected chi connectivity index (χ3v) is 4.19. The highest BCUT2D eigenvalue weighted by molar-refractivity contribution is 6.51. The number of anilines is 1. The van der Waals surface area contributed by atoms with Gasteiger partial charge in [0.05, 0.1) is 11.4 Å². The number of carbonyl (C=O) groups excluding carboxylic acids is 1. The van der Waals surface area contributed by atoms with Crippen molar-refractivity contribution in [2.45, 2.75) is 6.92 Å². The fourth-order valence-electron chi connectivity index (χ4n) is 2.66. The van der Waals surface area contributed by atoms with Crippen LogP contribution in [0.2, 0.25) is 0 Å². The molecule has 0 unspecified atom stereocenters. The van der Waals surface area contributed by atoms with Crippen LogP contribution in [0, 0.1) is 18.3 Å². The molecular weight excluding hydrogens is 342 g/mol. The SMILES string of the molecule is Cc1c(N/N=C(/C#N)C(=O)c2ccccc2)c(=O)n(-c2ccccc2)n1C. The molecule has 1 heterocycles. The number of ketones is 1. The molecule has 2 aromatic carbocycles. The van der Waals surface area contributed by atoms with Crippen LogP contribution in [-0.4, -0.2) is 20.9 Å². The van der Waals surface area contributed by atoms with Crippen LogP contribution in [-0.2, 0) is 7.05 Å². The van der Waals surface area contributed by atoms with Gasteiger partial charge in [0.2, 0.25) is 11.5 Å². The molecule has 0 radical (unpaired) electrons. The molecule has 7 heteroatoms. The molecule has 0 atom stereocenters. The fraction of sp³-hybridized carbons (Fsp3) is 0.100. The second-order valence-electron chi connectivity index (χ2n) is 5.82. The molecule has 3 aromatic rings. The van der Waals surface area contributed by atoms with Gasteiger partial charge in [-0.05, 0) is 19.1 Å². The van der Waals surface area contributed by atoms with E-state index < -0.39 is 5.78 Å². The van der Waals surface area contributed by atoms with E-state index in [1.165, 1.54) is 4.68 Å². The lowest BCUT2D eigenvalue weighted by atomic mass is 10.1. The molecule has 0 bridgehead atoms. The van der Waals surface area contributed by atoms with E-state index in [-0.39, 0.29) is 17.0 Å². The van der Waals surface area contributed by atoms with Crippen molar-refractivity contribution in [1.29, 1.82) is 5.26 Å². The molecule has 7 nitrogen and oxygen atoms in total. The van der Waals surface area contributed by atoms with Crippen molar-refractivity contribution in [3.05, 3.63) is 82.3 Å². The van der Waals surface area contributed by atoms with Crippen LogP contribution < -0.4 is 11.0 Å². The molecule has 0 saturated carbocycles. The van der Waals surface area contributed by atoms with E-state index >= 15 is 0 Å². The highest BCUT2D eigenvalue weighted by Gasteiger charge is 2.18. The average Bonchev–Trinajstić information content (AvgIpc) is 2.92. The highest BCUT2D eigenvalue weighted by atomic mass is 16.1. The Morgan fingerprint density at radius 3 is 2.26 bits per heavy atom. The number of hydrazone groups is 1. The quantitative estimate of drug-likeness (QED) is 0.431. The smallest absolute Gasteiger partial charge is 0.286 e. The van der Waals surface area contributed by atoms with Gasteiger partial charge in [-0.15, -0.1) is 0 Å². The molecule has 0 amide bonds. The molecule has 0 spiro atoms. The van der Waals surface area contributed by atoms with E-state index in [1.54, 1.807) is 55.1 Å². The van der Waals surface area contributed by atoms with Crippen LogP contribution in [0.25, 0.3) is 5.69 Å². The number of hydrogen-bond donors (Lipinski definition) is 1. The van der Waals surface area contributed by atoms with Gasteiger partial charge in [0.15, 0.2) is 0 Å². The van der Waals surface area contributed by atoms with Gasteiger partial charge in [0.1, 0.15) is 11.8 Å². The lowest BCUT2D eigenvalue weighted by molar-refractivity contribution is 0.106. The van der Waals surface area contributed by atoms with Crippen molar-refractivity contribution in [3.63, 3.8) is 0 Å². The van der Waals surface area contributed by atoms with Crippen LogP contribution in [0.1, 0.15) is 16.1 Å². The van der Waals surface area contributed by atoms with Gasteiger partial charge in [0, 0.05) is 12.6 Å². The van der Waals surface area contributed by atoms with Crippen molar-refractivity contribution in [1.82, 2.24) is 9.36 Å². The number of hydrogen-bond acceptors (Lipinski definition) is 5. The first kappa shape index (κ1) is 17.9. The van der Waals surface area contributed by atoms with Crippen LogP contribution >= 0.6 is 0 Å². The summed E-state index contributed by atoms with van der Waals surface area (Å²) >= 11 is 0. The summed E-state index contributed by atoms with van der Waals surface area (Å²) in [7, 11) is 1.75. The van der Waals surface area contributed by atoms with Crippen LogP contribution in [0.15, 0.2) is 70.6 Å². The summed E-state index contributed by atoms with van der Waals surface area (Å²) in [5.41, 5.74) is 3.83. The summed E-state index contributed by atoms with van der Waals surface area (Å²) < 4.78 is 3.17. The standard InChI is InChI=1S/C20H17N5O2/c1-14-18(20(27)25(24(14)2)16-11-7-4-8-12-16)23-22-17(13-21)19(26)15-9-5-3-6-10-15/h3-12,23H,1-2H3/b22-17-. The summed E-state index contributed by atoms with van der Waals surface area (Å²) in [6.07, 6.45) is 0. The van der Waals surface area contributed by atoms with Gasteiger partial charge in [0.25, 0.3) is 5.56 Å². The number of nitrogens with one attached hydrogen (secondary N) is 1. The van der Waals surface area contributed by atoms with E-state index in [2.05, 4.69) is 10.5 Å². The number of aromatic nitrogens is 2. The molecule has 1 aromatic heterocycles. The minimum atomic E-state index is -0.512. The highest BCUT2D eigenvalue weighted by Crippen LogP contribution is 2.14. The Hall–Kier alpha value is -3.92. The monoisotopic (exact) mass is 359 g/mol. The van der Waals surface area contributed by atoms with E-state index in [0.29, 0.717) is 16.9 Å². The third kappa shape index (κ3) is 3.41. The molecule has 0 aliphatic heterocycles.